The molecular weight excluding hydrogens is 228 g/mol. The quantitative estimate of drug-likeness (QED) is 0.720. The van der Waals surface area contributed by atoms with E-state index < -0.39 is 0 Å². The van der Waals surface area contributed by atoms with Gasteiger partial charge < -0.3 is 4.74 Å². The Kier molecular flexibility index (Phi) is 2.58. The Balaban J connectivity index is 2.38. The maximum Gasteiger partial charge on any atom is 0.122 e. The molecule has 1 atom stereocenters. The van der Waals surface area contributed by atoms with Gasteiger partial charge in [-0.15, -0.1) is 0 Å². The maximum atomic E-state index is 5.58. The van der Waals surface area contributed by atoms with Gasteiger partial charge >= 0.3 is 0 Å². The highest BCUT2D eigenvalue weighted by Crippen LogP contribution is 2.41. The number of rotatable bonds is 2. The Morgan fingerprint density at radius 2 is 2.38 bits per heavy atom. The second kappa shape index (κ2) is 3.70. The van der Waals surface area contributed by atoms with Gasteiger partial charge in [-0.05, 0) is 37.0 Å². The van der Waals surface area contributed by atoms with E-state index in [1.165, 1.54) is 17.5 Å². The third-order valence-electron chi connectivity index (χ3n) is 2.45. The Morgan fingerprint density at radius 3 is 3.15 bits per heavy atom. The van der Waals surface area contributed by atoms with Crippen molar-refractivity contribution in [2.45, 2.75) is 24.6 Å². The summed E-state index contributed by atoms with van der Waals surface area (Å²) in [6, 6.07) is 6.32. The maximum absolute atomic E-state index is 5.58. The van der Waals surface area contributed by atoms with Gasteiger partial charge in [0.15, 0.2) is 0 Å². The van der Waals surface area contributed by atoms with Crippen molar-refractivity contribution in [3.8, 4) is 5.75 Å². The zero-order valence-corrected chi connectivity index (χ0v) is 9.30. The van der Waals surface area contributed by atoms with Crippen LogP contribution in [0.4, 0.5) is 0 Å². The van der Waals surface area contributed by atoms with Crippen LogP contribution in [0.5, 0.6) is 5.75 Å². The monoisotopic (exact) mass is 240 g/mol. The van der Waals surface area contributed by atoms with Crippen molar-refractivity contribution in [1.29, 1.82) is 0 Å². The van der Waals surface area contributed by atoms with Gasteiger partial charge in [-0.25, -0.2) is 0 Å². The third-order valence-corrected chi connectivity index (χ3v) is 3.41. The largest absolute Gasteiger partial charge is 0.494 e. The zero-order valence-electron chi connectivity index (χ0n) is 7.72. The highest BCUT2D eigenvalue weighted by molar-refractivity contribution is 9.09. The molecule has 2 heteroatoms. The van der Waals surface area contributed by atoms with Crippen LogP contribution in [0.25, 0.3) is 0 Å². The summed E-state index contributed by atoms with van der Waals surface area (Å²) in [5.74, 6) is 1.07. The number of halogens is 1. The molecule has 0 heterocycles. The summed E-state index contributed by atoms with van der Waals surface area (Å²) >= 11 is 3.67. The fraction of sp³-hybridized carbons (Fsp3) is 0.455. The molecule has 1 nitrogen and oxygen atoms in total. The number of hydrogen-bond acceptors (Lipinski definition) is 1. The lowest BCUT2D eigenvalue weighted by molar-refractivity contribution is 0.337. The van der Waals surface area contributed by atoms with Gasteiger partial charge in [0.1, 0.15) is 5.75 Å². The van der Waals surface area contributed by atoms with Crippen LogP contribution >= 0.6 is 15.9 Å². The summed E-state index contributed by atoms with van der Waals surface area (Å²) in [6.07, 6.45) is 2.33. The van der Waals surface area contributed by atoms with Crippen molar-refractivity contribution in [3.63, 3.8) is 0 Å². The molecule has 0 aliphatic heterocycles. The molecule has 0 N–H and O–H groups in total. The van der Waals surface area contributed by atoms with Crippen molar-refractivity contribution in [2.75, 3.05) is 6.61 Å². The second-order valence-corrected chi connectivity index (χ2v) is 4.37. The molecule has 1 aromatic carbocycles. The van der Waals surface area contributed by atoms with Crippen molar-refractivity contribution >= 4 is 15.9 Å². The fourth-order valence-corrected chi connectivity index (χ4v) is 2.52. The first-order valence-corrected chi connectivity index (χ1v) is 5.63. The minimum Gasteiger partial charge on any atom is -0.494 e. The SMILES string of the molecule is CCOc1cccc2c1CCC2Br. The van der Waals surface area contributed by atoms with Gasteiger partial charge in [-0.2, -0.15) is 0 Å². The van der Waals surface area contributed by atoms with E-state index in [4.69, 9.17) is 4.74 Å². The van der Waals surface area contributed by atoms with Crippen LogP contribution in [-0.2, 0) is 6.42 Å². The Hall–Kier alpha value is -0.500. The minimum atomic E-state index is 0.530. The molecule has 1 aromatic rings. The molecule has 0 aromatic heterocycles. The predicted octanol–water partition coefficient (Wildman–Crippen LogP) is 3.47. The summed E-state index contributed by atoms with van der Waals surface area (Å²) in [7, 11) is 0. The topological polar surface area (TPSA) is 9.23 Å². The normalized spacial score (nSPS) is 20.0. The molecular formula is C11H13BrO. The van der Waals surface area contributed by atoms with E-state index in [0.717, 1.165) is 18.8 Å². The smallest absolute Gasteiger partial charge is 0.122 e. The average molecular weight is 241 g/mol. The zero-order chi connectivity index (χ0) is 9.26. The van der Waals surface area contributed by atoms with Crippen LogP contribution < -0.4 is 4.74 Å². The average Bonchev–Trinajstić information content (AvgIpc) is 2.50. The van der Waals surface area contributed by atoms with E-state index in [1.54, 1.807) is 0 Å². The molecule has 13 heavy (non-hydrogen) atoms. The molecule has 0 spiro atoms. The molecule has 0 saturated carbocycles. The lowest BCUT2D eigenvalue weighted by atomic mass is 10.1. The Bertz CT molecular complexity index is 309. The first-order valence-electron chi connectivity index (χ1n) is 4.71. The molecule has 70 valence electrons. The number of hydrogen-bond donors (Lipinski definition) is 0. The van der Waals surface area contributed by atoms with Crippen LogP contribution in [0.2, 0.25) is 0 Å². The van der Waals surface area contributed by atoms with Gasteiger partial charge in [0.05, 0.1) is 6.61 Å². The van der Waals surface area contributed by atoms with Gasteiger partial charge in [0, 0.05) is 4.83 Å². The summed E-state index contributed by atoms with van der Waals surface area (Å²) in [6.45, 7) is 2.78. The van der Waals surface area contributed by atoms with Gasteiger partial charge in [-0.3, -0.25) is 0 Å². The molecule has 0 fully saturated rings. The van der Waals surface area contributed by atoms with Crippen LogP contribution in [-0.4, -0.2) is 6.61 Å². The van der Waals surface area contributed by atoms with Crippen LogP contribution in [0.1, 0.15) is 29.3 Å². The molecule has 0 saturated heterocycles. The van der Waals surface area contributed by atoms with E-state index >= 15 is 0 Å². The lowest BCUT2D eigenvalue weighted by Crippen LogP contribution is -1.95. The number of alkyl halides is 1. The summed E-state index contributed by atoms with van der Waals surface area (Å²) in [5.41, 5.74) is 2.80. The van der Waals surface area contributed by atoms with E-state index in [-0.39, 0.29) is 0 Å². The highest BCUT2D eigenvalue weighted by atomic mass is 79.9. The fourth-order valence-electron chi connectivity index (χ4n) is 1.86. The predicted molar refractivity (Wildman–Crippen MR) is 57.6 cm³/mol. The van der Waals surface area contributed by atoms with Crippen molar-refractivity contribution in [2.24, 2.45) is 0 Å². The molecule has 0 amide bonds. The summed E-state index contributed by atoms with van der Waals surface area (Å²) in [5, 5.41) is 0. The van der Waals surface area contributed by atoms with Crippen molar-refractivity contribution in [3.05, 3.63) is 29.3 Å². The molecule has 1 aliphatic rings. The highest BCUT2D eigenvalue weighted by Gasteiger charge is 2.22. The minimum absolute atomic E-state index is 0.530. The third kappa shape index (κ3) is 1.60. The number of fused-ring (bicyclic) bond motifs is 1. The van der Waals surface area contributed by atoms with Crippen LogP contribution in [0.15, 0.2) is 18.2 Å². The van der Waals surface area contributed by atoms with Crippen LogP contribution in [0.3, 0.4) is 0 Å². The second-order valence-electron chi connectivity index (χ2n) is 3.26. The van der Waals surface area contributed by atoms with Gasteiger partial charge in [-0.1, -0.05) is 28.1 Å². The van der Waals surface area contributed by atoms with E-state index in [9.17, 15) is 0 Å². The Labute approximate surface area is 87.2 Å². The van der Waals surface area contributed by atoms with Crippen molar-refractivity contribution in [1.82, 2.24) is 0 Å². The summed E-state index contributed by atoms with van der Waals surface area (Å²) in [4.78, 5) is 0.530. The summed E-state index contributed by atoms with van der Waals surface area (Å²) < 4.78 is 5.58. The van der Waals surface area contributed by atoms with E-state index in [0.29, 0.717) is 4.83 Å². The van der Waals surface area contributed by atoms with Gasteiger partial charge in [0.25, 0.3) is 0 Å². The van der Waals surface area contributed by atoms with E-state index in [2.05, 4.69) is 34.1 Å². The Morgan fingerprint density at radius 1 is 1.54 bits per heavy atom. The van der Waals surface area contributed by atoms with Gasteiger partial charge in [0.2, 0.25) is 0 Å². The van der Waals surface area contributed by atoms with E-state index in [1.807, 2.05) is 6.92 Å². The lowest BCUT2D eigenvalue weighted by Gasteiger charge is -2.09. The van der Waals surface area contributed by atoms with Crippen LogP contribution in [0, 0.1) is 0 Å². The molecule has 1 aliphatic carbocycles. The molecule has 1 unspecified atom stereocenters. The number of ether oxygens (including phenoxy) is 1. The molecule has 2 rings (SSSR count). The first-order chi connectivity index (χ1) is 6.33. The standard InChI is InChI=1S/C11H13BrO/c1-2-13-11-5-3-4-8-9(11)6-7-10(8)12/h3-5,10H,2,6-7H2,1H3. The number of benzene rings is 1. The molecule has 0 radical (unpaired) electrons. The first kappa shape index (κ1) is 9.07. The molecule has 0 bridgehead atoms. The van der Waals surface area contributed by atoms with Crippen molar-refractivity contribution < 1.29 is 4.74 Å².